The van der Waals surface area contributed by atoms with Gasteiger partial charge in [-0.3, -0.25) is 0 Å². The van der Waals surface area contributed by atoms with E-state index in [0.29, 0.717) is 5.88 Å². The largest absolute Gasteiger partial charge is 0.384 e. The van der Waals surface area contributed by atoms with Crippen LogP contribution in [0.4, 0.5) is 5.69 Å². The molecule has 0 aromatic heterocycles. The van der Waals surface area contributed by atoms with Crippen molar-refractivity contribution >= 4 is 28.9 Å². The van der Waals surface area contributed by atoms with Gasteiger partial charge in [0.2, 0.25) is 0 Å². The van der Waals surface area contributed by atoms with Crippen LogP contribution in [0.1, 0.15) is 5.56 Å². The van der Waals surface area contributed by atoms with Gasteiger partial charge in [0.05, 0.1) is 0 Å². The molecular weight excluding hydrogens is 193 g/mol. The molecule has 66 valence electrons. The molecule has 0 unspecified atom stereocenters. The number of aryl methyl sites for hydroxylation is 1. The summed E-state index contributed by atoms with van der Waals surface area (Å²) in [5, 5.41) is 3.97. The molecule has 1 aromatic carbocycles. The highest BCUT2D eigenvalue weighted by molar-refractivity contribution is 6.30. The van der Waals surface area contributed by atoms with Crippen LogP contribution in [0, 0.1) is 6.92 Å². The van der Waals surface area contributed by atoms with Gasteiger partial charge >= 0.3 is 0 Å². The summed E-state index contributed by atoms with van der Waals surface area (Å²) in [5.41, 5.74) is 2.24. The van der Waals surface area contributed by atoms with Gasteiger partial charge in [-0.15, -0.1) is 11.6 Å². The van der Waals surface area contributed by atoms with Crippen LogP contribution in [0.3, 0.4) is 0 Å². The molecule has 0 aliphatic rings. The third kappa shape index (κ3) is 2.58. The van der Waals surface area contributed by atoms with E-state index in [2.05, 4.69) is 5.32 Å². The lowest BCUT2D eigenvalue weighted by atomic mass is 10.2. The highest BCUT2D eigenvalue weighted by atomic mass is 35.5. The normalized spacial score (nSPS) is 9.92. The van der Waals surface area contributed by atoms with E-state index in [1.807, 2.05) is 25.1 Å². The maximum absolute atomic E-state index is 5.80. The van der Waals surface area contributed by atoms with E-state index in [1.165, 1.54) is 0 Å². The van der Waals surface area contributed by atoms with Gasteiger partial charge < -0.3 is 5.32 Å². The summed E-state index contributed by atoms with van der Waals surface area (Å²) in [7, 11) is 0. The summed E-state index contributed by atoms with van der Waals surface area (Å²) in [6.45, 7) is 2.80. The number of hydrogen-bond donors (Lipinski definition) is 1. The summed E-state index contributed by atoms with van der Waals surface area (Å²) >= 11 is 11.3. The van der Waals surface area contributed by atoms with Gasteiger partial charge in [0, 0.05) is 23.1 Å². The zero-order valence-corrected chi connectivity index (χ0v) is 8.41. The lowest BCUT2D eigenvalue weighted by Gasteiger charge is -2.07. The molecule has 0 aliphatic carbocycles. The number of hydrogen-bond acceptors (Lipinski definition) is 1. The number of rotatable bonds is 3. The molecule has 12 heavy (non-hydrogen) atoms. The van der Waals surface area contributed by atoms with Crippen molar-refractivity contribution < 1.29 is 0 Å². The fourth-order valence-electron chi connectivity index (χ4n) is 1.01. The standard InChI is InChI=1S/C9H11Cl2N/c1-7-6-8(11)2-3-9(7)12-5-4-10/h2-3,6,12H,4-5H2,1H3. The third-order valence-corrected chi connectivity index (χ3v) is 2.02. The van der Waals surface area contributed by atoms with Gasteiger partial charge in [0.1, 0.15) is 0 Å². The molecular formula is C9H11Cl2N. The Morgan fingerprint density at radius 3 is 2.75 bits per heavy atom. The van der Waals surface area contributed by atoms with Gasteiger partial charge in [-0.05, 0) is 30.7 Å². The molecule has 1 N–H and O–H groups in total. The molecule has 0 saturated carbocycles. The van der Waals surface area contributed by atoms with Crippen molar-refractivity contribution in [2.24, 2.45) is 0 Å². The van der Waals surface area contributed by atoms with Crippen LogP contribution >= 0.6 is 23.2 Å². The van der Waals surface area contributed by atoms with Crippen LogP contribution in [0.25, 0.3) is 0 Å². The van der Waals surface area contributed by atoms with E-state index >= 15 is 0 Å². The van der Waals surface area contributed by atoms with Gasteiger partial charge in [-0.2, -0.15) is 0 Å². The van der Waals surface area contributed by atoms with Crippen molar-refractivity contribution in [1.29, 1.82) is 0 Å². The first-order chi connectivity index (χ1) is 5.74. The molecule has 0 atom stereocenters. The maximum Gasteiger partial charge on any atom is 0.0410 e. The predicted octanol–water partition coefficient (Wildman–Crippen LogP) is 3.30. The second-order valence-electron chi connectivity index (χ2n) is 2.58. The second-order valence-corrected chi connectivity index (χ2v) is 3.39. The number of halogens is 2. The summed E-state index contributed by atoms with van der Waals surface area (Å²) in [6, 6.07) is 5.76. The smallest absolute Gasteiger partial charge is 0.0410 e. The second kappa shape index (κ2) is 4.58. The molecule has 1 nitrogen and oxygen atoms in total. The molecule has 0 aliphatic heterocycles. The Balaban J connectivity index is 2.72. The zero-order valence-electron chi connectivity index (χ0n) is 6.90. The fraction of sp³-hybridized carbons (Fsp3) is 0.333. The number of benzene rings is 1. The lowest BCUT2D eigenvalue weighted by Crippen LogP contribution is -2.03. The Labute approximate surface area is 82.7 Å². The number of alkyl halides is 1. The van der Waals surface area contributed by atoms with Crippen molar-refractivity contribution in [2.75, 3.05) is 17.7 Å². The summed E-state index contributed by atoms with van der Waals surface area (Å²) < 4.78 is 0. The Bertz CT molecular complexity index is 261. The van der Waals surface area contributed by atoms with Crippen LogP contribution in [-0.2, 0) is 0 Å². The molecule has 1 rings (SSSR count). The molecule has 0 fully saturated rings. The Morgan fingerprint density at radius 1 is 1.42 bits per heavy atom. The van der Waals surface area contributed by atoms with E-state index in [4.69, 9.17) is 23.2 Å². The number of anilines is 1. The van der Waals surface area contributed by atoms with E-state index < -0.39 is 0 Å². The average molecular weight is 204 g/mol. The topological polar surface area (TPSA) is 12.0 Å². The maximum atomic E-state index is 5.80. The van der Waals surface area contributed by atoms with Crippen molar-refractivity contribution in [3.63, 3.8) is 0 Å². The minimum Gasteiger partial charge on any atom is -0.384 e. The molecule has 0 bridgehead atoms. The highest BCUT2D eigenvalue weighted by Gasteiger charge is 1.96. The first-order valence-corrected chi connectivity index (χ1v) is 4.71. The molecule has 0 spiro atoms. The molecule has 0 amide bonds. The van der Waals surface area contributed by atoms with Crippen molar-refractivity contribution in [3.8, 4) is 0 Å². The van der Waals surface area contributed by atoms with E-state index in [9.17, 15) is 0 Å². The quantitative estimate of drug-likeness (QED) is 0.745. The highest BCUT2D eigenvalue weighted by Crippen LogP contribution is 2.19. The fourth-order valence-corrected chi connectivity index (χ4v) is 1.33. The monoisotopic (exact) mass is 203 g/mol. The molecule has 0 radical (unpaired) electrons. The van der Waals surface area contributed by atoms with E-state index in [-0.39, 0.29) is 0 Å². The minimum atomic E-state index is 0.613. The average Bonchev–Trinajstić information content (AvgIpc) is 2.03. The van der Waals surface area contributed by atoms with Crippen LogP contribution in [0.5, 0.6) is 0 Å². The predicted molar refractivity (Wildman–Crippen MR) is 55.4 cm³/mol. The Kier molecular flexibility index (Phi) is 3.70. The van der Waals surface area contributed by atoms with Crippen molar-refractivity contribution in [2.45, 2.75) is 6.92 Å². The van der Waals surface area contributed by atoms with Crippen LogP contribution < -0.4 is 5.32 Å². The molecule has 3 heteroatoms. The zero-order chi connectivity index (χ0) is 8.97. The van der Waals surface area contributed by atoms with Crippen LogP contribution in [-0.4, -0.2) is 12.4 Å². The third-order valence-electron chi connectivity index (χ3n) is 1.60. The van der Waals surface area contributed by atoms with Gasteiger partial charge in [0.15, 0.2) is 0 Å². The van der Waals surface area contributed by atoms with Crippen LogP contribution in [0.2, 0.25) is 5.02 Å². The lowest BCUT2D eigenvalue weighted by molar-refractivity contribution is 1.21. The van der Waals surface area contributed by atoms with E-state index in [1.54, 1.807) is 0 Å². The first kappa shape index (κ1) is 9.69. The van der Waals surface area contributed by atoms with E-state index in [0.717, 1.165) is 22.8 Å². The summed E-state index contributed by atoms with van der Waals surface area (Å²) in [5.74, 6) is 0.613. The Morgan fingerprint density at radius 2 is 2.17 bits per heavy atom. The van der Waals surface area contributed by atoms with Crippen molar-refractivity contribution in [3.05, 3.63) is 28.8 Å². The Hall–Kier alpha value is -0.400. The number of nitrogens with one attached hydrogen (secondary N) is 1. The van der Waals surface area contributed by atoms with Crippen molar-refractivity contribution in [1.82, 2.24) is 0 Å². The van der Waals surface area contributed by atoms with Gasteiger partial charge in [-0.1, -0.05) is 11.6 Å². The molecule has 0 heterocycles. The van der Waals surface area contributed by atoms with Gasteiger partial charge in [0.25, 0.3) is 0 Å². The summed E-state index contributed by atoms with van der Waals surface area (Å²) in [6.07, 6.45) is 0. The van der Waals surface area contributed by atoms with Crippen LogP contribution in [0.15, 0.2) is 18.2 Å². The SMILES string of the molecule is Cc1cc(Cl)ccc1NCCCl. The minimum absolute atomic E-state index is 0.613. The molecule has 0 saturated heterocycles. The summed E-state index contributed by atoms with van der Waals surface area (Å²) in [4.78, 5) is 0. The van der Waals surface area contributed by atoms with Gasteiger partial charge in [-0.25, -0.2) is 0 Å². The first-order valence-electron chi connectivity index (χ1n) is 3.80. The molecule has 1 aromatic rings.